The third-order valence-electron chi connectivity index (χ3n) is 10.2. The average Bonchev–Trinajstić information content (AvgIpc) is 3.62. The van der Waals surface area contributed by atoms with Crippen LogP contribution in [0.15, 0.2) is 202 Å². The van der Waals surface area contributed by atoms with E-state index in [1.807, 2.05) is 47.8 Å². The van der Waals surface area contributed by atoms with Gasteiger partial charge in [-0.2, -0.15) is 0 Å². The van der Waals surface area contributed by atoms with Crippen LogP contribution in [0.5, 0.6) is 0 Å². The molecule has 0 saturated heterocycles. The SMILES string of the molecule is C=C/C=C\C(=C)C(=C)/C=C\C(=C)c1ccccccc(C(=C)/C=C2\C(=C)C(C)(C)c3c2ccc2ccc4c5ccccc5sc4c32)c2ccccc12. The van der Waals surface area contributed by atoms with Crippen LogP contribution in [0.2, 0.25) is 0 Å². The molecule has 0 saturated carbocycles. The predicted molar refractivity (Wildman–Crippen MR) is 233 cm³/mol. The standard InChI is InChI=1S/C51H42S/c1-9-10-19-33(2)34(3)26-27-35(4)39-20-13-11-12-14-21-40(42-23-16-15-22-41(39)42)36(5)32-46-37(6)51(7,8)49-44(46)30-28-38-29-31-45-43-24-17-18-25-47(43)52-50(45)48(38)49/h9-32H,1-6H2,7-8H3/b12-11?,13-11?,14-12?,19-10-,20-13?,21-14?,27-26-,39-20?,40-21?,41-39?,42-40?,46-32+. The molecule has 0 radical (unpaired) electrons. The van der Waals surface area contributed by atoms with E-state index in [-0.39, 0.29) is 5.41 Å². The number of benzene rings is 4. The molecule has 6 aromatic rings. The number of rotatable bonds is 8. The van der Waals surface area contributed by atoms with Gasteiger partial charge >= 0.3 is 0 Å². The molecular weight excluding hydrogens is 645 g/mol. The van der Waals surface area contributed by atoms with Crippen LogP contribution >= 0.6 is 11.3 Å². The van der Waals surface area contributed by atoms with Crippen molar-refractivity contribution in [3.05, 3.63) is 224 Å². The summed E-state index contributed by atoms with van der Waals surface area (Å²) >= 11 is 1.89. The van der Waals surface area contributed by atoms with Crippen LogP contribution in [-0.2, 0) is 5.41 Å². The van der Waals surface area contributed by atoms with Gasteiger partial charge in [-0.15, -0.1) is 11.3 Å². The van der Waals surface area contributed by atoms with E-state index in [0.29, 0.717) is 0 Å². The van der Waals surface area contributed by atoms with Gasteiger partial charge in [-0.05, 0) is 84.0 Å². The van der Waals surface area contributed by atoms with Crippen LogP contribution in [0.1, 0.15) is 36.1 Å². The molecule has 0 aliphatic heterocycles. The van der Waals surface area contributed by atoms with E-state index in [9.17, 15) is 0 Å². The Bertz CT molecular complexity index is 2690. The summed E-state index contributed by atoms with van der Waals surface area (Å²) in [6.07, 6.45) is 11.7. The van der Waals surface area contributed by atoms with Crippen molar-refractivity contribution in [2.75, 3.05) is 0 Å². The van der Waals surface area contributed by atoms with Crippen molar-refractivity contribution in [2.24, 2.45) is 0 Å². The normalized spacial score (nSPS) is 14.4. The molecule has 5 aromatic carbocycles. The molecule has 1 aromatic heterocycles. The average molecular weight is 687 g/mol. The topological polar surface area (TPSA) is 0 Å². The Labute approximate surface area is 311 Å². The molecule has 0 nitrogen and oxygen atoms in total. The molecule has 0 unspecified atom stereocenters. The minimum Gasteiger partial charge on any atom is -0.135 e. The summed E-state index contributed by atoms with van der Waals surface area (Å²) in [5.74, 6) is 0. The molecule has 0 fully saturated rings. The summed E-state index contributed by atoms with van der Waals surface area (Å²) in [7, 11) is 0. The summed E-state index contributed by atoms with van der Waals surface area (Å²) in [5.41, 5.74) is 10.0. The van der Waals surface area contributed by atoms with E-state index in [4.69, 9.17) is 13.2 Å². The van der Waals surface area contributed by atoms with Gasteiger partial charge in [0, 0.05) is 31.0 Å². The van der Waals surface area contributed by atoms with Gasteiger partial charge in [0.2, 0.25) is 0 Å². The molecule has 0 atom stereocenters. The summed E-state index contributed by atoms with van der Waals surface area (Å²) in [5, 5.41) is 7.37. The lowest BCUT2D eigenvalue weighted by molar-refractivity contribution is 0.669. The molecule has 0 N–H and O–H groups in total. The van der Waals surface area contributed by atoms with Crippen LogP contribution in [0, 0.1) is 0 Å². The lowest BCUT2D eigenvalue weighted by atomic mass is 9.80. The van der Waals surface area contributed by atoms with Crippen LogP contribution in [-0.4, -0.2) is 0 Å². The Morgan fingerprint density at radius 3 is 1.90 bits per heavy atom. The van der Waals surface area contributed by atoms with Gasteiger partial charge in [0.1, 0.15) is 0 Å². The zero-order valence-corrected chi connectivity index (χ0v) is 30.8. The van der Waals surface area contributed by atoms with E-state index in [2.05, 4.69) is 143 Å². The second-order valence-corrected chi connectivity index (χ2v) is 14.8. The van der Waals surface area contributed by atoms with E-state index >= 15 is 0 Å². The molecule has 0 spiro atoms. The van der Waals surface area contributed by atoms with Crippen LogP contribution in [0.4, 0.5) is 0 Å². The van der Waals surface area contributed by atoms with Crippen LogP contribution < -0.4 is 0 Å². The highest BCUT2D eigenvalue weighted by Crippen LogP contribution is 2.54. The van der Waals surface area contributed by atoms with Gasteiger partial charge in [-0.3, -0.25) is 0 Å². The fourth-order valence-corrected chi connectivity index (χ4v) is 8.61. The number of fused-ring (bicyclic) bond motifs is 8. The Morgan fingerprint density at radius 1 is 0.615 bits per heavy atom. The first-order valence-electron chi connectivity index (χ1n) is 17.5. The molecule has 1 heterocycles. The Kier molecular flexibility index (Phi) is 9.23. The van der Waals surface area contributed by atoms with Gasteiger partial charge in [0.05, 0.1) is 0 Å². The molecular formula is C51H42S. The van der Waals surface area contributed by atoms with Crippen molar-refractivity contribution in [1.29, 1.82) is 0 Å². The highest BCUT2D eigenvalue weighted by Gasteiger charge is 2.39. The molecule has 52 heavy (non-hydrogen) atoms. The molecule has 1 heteroatoms. The fourth-order valence-electron chi connectivity index (χ4n) is 7.35. The third-order valence-corrected chi connectivity index (χ3v) is 11.4. The minimum absolute atomic E-state index is 0.268. The minimum atomic E-state index is -0.268. The summed E-state index contributed by atoms with van der Waals surface area (Å²) in [6, 6.07) is 38.8. The maximum Gasteiger partial charge on any atom is 0.0437 e. The summed E-state index contributed by atoms with van der Waals surface area (Å²) in [4.78, 5) is 0. The van der Waals surface area contributed by atoms with Gasteiger partial charge < -0.3 is 0 Å². The van der Waals surface area contributed by atoms with Gasteiger partial charge in [0.25, 0.3) is 0 Å². The Balaban J connectivity index is 1.39. The van der Waals surface area contributed by atoms with Crippen molar-refractivity contribution in [3.63, 3.8) is 0 Å². The predicted octanol–water partition coefficient (Wildman–Crippen LogP) is 14.9. The number of hydrogen-bond acceptors (Lipinski definition) is 1. The summed E-state index contributed by atoms with van der Waals surface area (Å²) in [6.45, 7) is 30.6. The smallest absolute Gasteiger partial charge is 0.0437 e. The fraction of sp³-hybridized carbons (Fsp3) is 0.0588. The lowest BCUT2D eigenvalue weighted by Gasteiger charge is -2.23. The Morgan fingerprint density at radius 2 is 1.21 bits per heavy atom. The van der Waals surface area contributed by atoms with Gasteiger partial charge in [-0.1, -0.05) is 187 Å². The van der Waals surface area contributed by atoms with E-state index in [0.717, 1.165) is 55.3 Å². The number of thiophene rings is 1. The second-order valence-electron chi connectivity index (χ2n) is 13.8. The van der Waals surface area contributed by atoms with Crippen molar-refractivity contribution in [2.45, 2.75) is 19.3 Å². The van der Waals surface area contributed by atoms with E-state index in [1.54, 1.807) is 6.08 Å². The van der Waals surface area contributed by atoms with Crippen LogP contribution in [0.25, 0.3) is 58.4 Å². The molecule has 1 aliphatic carbocycles. The van der Waals surface area contributed by atoms with Crippen molar-refractivity contribution < 1.29 is 0 Å². The maximum atomic E-state index is 4.74. The monoisotopic (exact) mass is 686 g/mol. The van der Waals surface area contributed by atoms with Gasteiger partial charge in [-0.25, -0.2) is 0 Å². The second kappa shape index (κ2) is 13.9. The summed E-state index contributed by atoms with van der Waals surface area (Å²) < 4.78 is 2.65. The first-order chi connectivity index (χ1) is 25.1. The molecule has 7 rings (SSSR count). The molecule has 1 aliphatic rings. The highest BCUT2D eigenvalue weighted by molar-refractivity contribution is 7.26. The first-order valence-corrected chi connectivity index (χ1v) is 18.3. The van der Waals surface area contributed by atoms with Crippen molar-refractivity contribution in [1.82, 2.24) is 0 Å². The van der Waals surface area contributed by atoms with Crippen LogP contribution in [0.3, 0.4) is 0 Å². The number of allylic oxidation sites excluding steroid dienone is 12. The van der Waals surface area contributed by atoms with Gasteiger partial charge in [0.15, 0.2) is 0 Å². The molecule has 252 valence electrons. The van der Waals surface area contributed by atoms with E-state index in [1.165, 1.54) is 42.1 Å². The molecule has 0 bridgehead atoms. The Hall–Kier alpha value is -6.02. The zero-order valence-electron chi connectivity index (χ0n) is 30.0. The molecule has 0 amide bonds. The largest absolute Gasteiger partial charge is 0.135 e. The number of hydrogen-bond donors (Lipinski definition) is 0. The quantitative estimate of drug-likeness (QED) is 0.140. The van der Waals surface area contributed by atoms with Crippen molar-refractivity contribution >= 4 is 69.8 Å². The van der Waals surface area contributed by atoms with E-state index < -0.39 is 0 Å². The first kappa shape index (κ1) is 34.4. The highest BCUT2D eigenvalue weighted by atomic mass is 32.1. The zero-order chi connectivity index (χ0) is 36.6. The lowest BCUT2D eigenvalue weighted by Crippen LogP contribution is -2.14. The van der Waals surface area contributed by atoms with Crippen molar-refractivity contribution in [3.8, 4) is 0 Å². The third kappa shape index (κ3) is 6.04. The maximum absolute atomic E-state index is 4.74.